The van der Waals surface area contributed by atoms with E-state index in [0.29, 0.717) is 28.8 Å². The molecule has 208 valence electrons. The molecule has 1 saturated carbocycles. The van der Waals surface area contributed by atoms with Crippen molar-refractivity contribution in [2.24, 2.45) is 4.99 Å². The van der Waals surface area contributed by atoms with E-state index in [0.717, 1.165) is 67.8 Å². The maximum absolute atomic E-state index is 13.9. The highest BCUT2D eigenvalue weighted by Crippen LogP contribution is 2.31. The van der Waals surface area contributed by atoms with Crippen LogP contribution in [0.4, 0.5) is 11.6 Å². The summed E-state index contributed by atoms with van der Waals surface area (Å²) in [6, 6.07) is 9.82. The van der Waals surface area contributed by atoms with E-state index in [-0.39, 0.29) is 11.6 Å². The minimum atomic E-state index is -0.0559. The molecule has 8 nitrogen and oxygen atoms in total. The van der Waals surface area contributed by atoms with E-state index in [1.165, 1.54) is 24.4 Å². The summed E-state index contributed by atoms with van der Waals surface area (Å²) in [6.07, 6.45) is 8.76. The van der Waals surface area contributed by atoms with E-state index in [4.69, 9.17) is 14.7 Å². The third kappa shape index (κ3) is 6.89. The lowest BCUT2D eigenvalue weighted by Crippen LogP contribution is -2.31. The van der Waals surface area contributed by atoms with Gasteiger partial charge in [-0.05, 0) is 69.4 Å². The van der Waals surface area contributed by atoms with Crippen molar-refractivity contribution >= 4 is 39.5 Å². The van der Waals surface area contributed by atoms with E-state index >= 15 is 0 Å². The summed E-state index contributed by atoms with van der Waals surface area (Å²) >= 11 is 1.45. The van der Waals surface area contributed by atoms with E-state index in [9.17, 15) is 4.79 Å². The Morgan fingerprint density at radius 2 is 1.92 bits per heavy atom. The van der Waals surface area contributed by atoms with Crippen LogP contribution < -0.4 is 15.6 Å². The summed E-state index contributed by atoms with van der Waals surface area (Å²) in [7, 11) is 0. The molecular weight excluding hydrogens is 508 g/mol. The van der Waals surface area contributed by atoms with Gasteiger partial charge in [-0.3, -0.25) is 9.36 Å². The third-order valence-electron chi connectivity index (χ3n) is 7.34. The van der Waals surface area contributed by atoms with Crippen LogP contribution in [0, 0.1) is 6.92 Å². The zero-order chi connectivity index (χ0) is 27.8. The van der Waals surface area contributed by atoms with Crippen LogP contribution in [0.3, 0.4) is 0 Å². The molecule has 0 unspecified atom stereocenters. The second kappa shape index (κ2) is 13.8. The molecule has 9 heteroatoms. The van der Waals surface area contributed by atoms with Crippen molar-refractivity contribution in [3.8, 4) is 5.75 Å². The largest absolute Gasteiger partial charge is 0.492 e. The van der Waals surface area contributed by atoms with Gasteiger partial charge in [0.05, 0.1) is 11.3 Å². The molecule has 0 bridgehead atoms. The highest BCUT2D eigenvalue weighted by molar-refractivity contribution is 8.13. The number of hydrogen-bond donors (Lipinski definition) is 1. The lowest BCUT2D eigenvalue weighted by molar-refractivity contribution is 0.223. The number of nitrogens with zero attached hydrogens (tertiary/aromatic N) is 5. The Labute approximate surface area is 235 Å². The van der Waals surface area contributed by atoms with Crippen molar-refractivity contribution in [1.82, 2.24) is 19.4 Å². The molecule has 2 heterocycles. The van der Waals surface area contributed by atoms with Crippen LogP contribution in [-0.4, -0.2) is 57.0 Å². The SMILES string of the molecule is C=CN=C(SC)c1cc2c(C)nc(Nc3ccc(OCCN(CC)CC)cc3)nc2n(C2CCCCC2)c1=O. The molecule has 0 aliphatic heterocycles. The van der Waals surface area contributed by atoms with Crippen LogP contribution in [0.25, 0.3) is 11.0 Å². The Morgan fingerprint density at radius 1 is 1.21 bits per heavy atom. The summed E-state index contributed by atoms with van der Waals surface area (Å²) in [4.78, 5) is 30.2. The predicted octanol–water partition coefficient (Wildman–Crippen LogP) is 6.32. The fraction of sp³-hybridized carbons (Fsp3) is 0.467. The third-order valence-corrected chi connectivity index (χ3v) is 8.05. The average molecular weight is 549 g/mol. The molecule has 1 N–H and O–H groups in total. The number of anilines is 2. The molecule has 1 aromatic carbocycles. The van der Waals surface area contributed by atoms with Crippen molar-refractivity contribution in [3.63, 3.8) is 0 Å². The highest BCUT2D eigenvalue weighted by Gasteiger charge is 2.24. The number of aromatic nitrogens is 3. The second-order valence-corrected chi connectivity index (χ2v) is 10.5. The number of thioether (sulfide) groups is 1. The van der Waals surface area contributed by atoms with Gasteiger partial charge in [-0.15, -0.1) is 11.8 Å². The fourth-order valence-electron chi connectivity index (χ4n) is 5.15. The van der Waals surface area contributed by atoms with Gasteiger partial charge in [0.1, 0.15) is 23.0 Å². The van der Waals surface area contributed by atoms with E-state index in [2.05, 4.69) is 35.6 Å². The van der Waals surface area contributed by atoms with Gasteiger partial charge < -0.3 is 15.0 Å². The van der Waals surface area contributed by atoms with Gasteiger partial charge in [0.15, 0.2) is 0 Å². The maximum Gasteiger partial charge on any atom is 0.262 e. The Kier molecular flexibility index (Phi) is 10.2. The van der Waals surface area contributed by atoms with Crippen LogP contribution in [0.1, 0.15) is 63.3 Å². The molecule has 0 atom stereocenters. The molecule has 1 aliphatic rings. The van der Waals surface area contributed by atoms with Crippen molar-refractivity contribution < 1.29 is 4.74 Å². The van der Waals surface area contributed by atoms with Crippen LogP contribution in [0.5, 0.6) is 5.75 Å². The second-order valence-electron chi connectivity index (χ2n) is 9.74. The van der Waals surface area contributed by atoms with Crippen molar-refractivity contribution in [3.05, 3.63) is 64.7 Å². The average Bonchev–Trinajstić information content (AvgIpc) is 2.95. The number of benzene rings is 1. The lowest BCUT2D eigenvalue weighted by Gasteiger charge is -2.26. The van der Waals surface area contributed by atoms with Crippen LogP contribution in [0.15, 0.2) is 52.9 Å². The predicted molar refractivity (Wildman–Crippen MR) is 164 cm³/mol. The summed E-state index contributed by atoms with van der Waals surface area (Å²) in [5, 5.41) is 4.85. The van der Waals surface area contributed by atoms with Crippen LogP contribution in [0.2, 0.25) is 0 Å². The molecule has 1 fully saturated rings. The van der Waals surface area contributed by atoms with E-state index in [1.807, 2.05) is 48.1 Å². The Morgan fingerprint density at radius 3 is 2.56 bits per heavy atom. The van der Waals surface area contributed by atoms with Gasteiger partial charge in [0.2, 0.25) is 5.95 Å². The van der Waals surface area contributed by atoms with E-state index in [1.54, 1.807) is 0 Å². The molecule has 0 spiro atoms. The van der Waals surface area contributed by atoms with Gasteiger partial charge >= 0.3 is 0 Å². The number of hydrogen-bond acceptors (Lipinski definition) is 8. The molecular formula is C30H40N6O2S. The quantitative estimate of drug-likeness (QED) is 0.222. The van der Waals surface area contributed by atoms with Gasteiger partial charge in [-0.25, -0.2) is 9.98 Å². The Hall–Kier alpha value is -3.17. The number of aryl methyl sites for hydroxylation is 1. The van der Waals surface area contributed by atoms with Gasteiger partial charge in [0.25, 0.3) is 5.56 Å². The molecule has 2 aromatic heterocycles. The summed E-state index contributed by atoms with van der Waals surface area (Å²) in [5.41, 5.74) is 2.85. The number of rotatable bonds is 11. The number of ether oxygens (including phenoxy) is 1. The van der Waals surface area contributed by atoms with Gasteiger partial charge in [-0.2, -0.15) is 4.98 Å². The number of likely N-dealkylation sites (N-methyl/N-ethyl adjacent to an activating group) is 1. The van der Waals surface area contributed by atoms with Crippen LogP contribution >= 0.6 is 11.8 Å². The smallest absolute Gasteiger partial charge is 0.262 e. The molecule has 39 heavy (non-hydrogen) atoms. The number of pyridine rings is 1. The van der Waals surface area contributed by atoms with Gasteiger partial charge in [-0.1, -0.05) is 39.7 Å². The topological polar surface area (TPSA) is 84.6 Å². The maximum atomic E-state index is 13.9. The number of aliphatic imine (C=N–C) groups is 1. The van der Waals surface area contributed by atoms with Crippen molar-refractivity contribution in [2.45, 2.75) is 58.9 Å². The zero-order valence-corrected chi connectivity index (χ0v) is 24.4. The molecule has 0 amide bonds. The van der Waals surface area contributed by atoms with Crippen molar-refractivity contribution in [1.29, 1.82) is 0 Å². The fourth-order valence-corrected chi connectivity index (χ4v) is 5.70. The first-order chi connectivity index (χ1) is 19.0. The first-order valence-corrected chi connectivity index (χ1v) is 15.1. The summed E-state index contributed by atoms with van der Waals surface area (Å²) < 4.78 is 7.81. The molecule has 4 rings (SSSR count). The Bertz CT molecular complexity index is 1360. The zero-order valence-electron chi connectivity index (χ0n) is 23.6. The standard InChI is InChI=1S/C30H40N6O2S/c1-6-31-28(39-5)26-20-25-21(4)32-30(34-27(25)36(29(26)37)23-12-10-9-11-13-23)33-22-14-16-24(17-15-22)38-19-18-35(7-2)8-3/h6,14-17,20,23H,1,7-13,18-19H2,2-5H3,(H,32,33,34). The normalized spacial score (nSPS) is 14.6. The molecule has 3 aromatic rings. The molecule has 0 saturated heterocycles. The lowest BCUT2D eigenvalue weighted by atomic mass is 9.95. The van der Waals surface area contributed by atoms with E-state index < -0.39 is 0 Å². The monoisotopic (exact) mass is 548 g/mol. The molecule has 1 aliphatic carbocycles. The molecule has 0 radical (unpaired) electrons. The van der Waals surface area contributed by atoms with Crippen molar-refractivity contribution in [2.75, 3.05) is 37.8 Å². The minimum absolute atomic E-state index is 0.0559. The first-order valence-electron chi connectivity index (χ1n) is 13.9. The minimum Gasteiger partial charge on any atom is -0.492 e. The van der Waals surface area contributed by atoms with Gasteiger partial charge in [0, 0.05) is 29.9 Å². The number of fused-ring (bicyclic) bond motifs is 1. The first kappa shape index (κ1) is 28.8. The Balaban J connectivity index is 1.66. The van der Waals surface area contributed by atoms with Crippen LogP contribution in [-0.2, 0) is 0 Å². The summed E-state index contributed by atoms with van der Waals surface area (Å²) in [6.45, 7) is 13.6. The number of nitrogens with one attached hydrogen (secondary N) is 1. The summed E-state index contributed by atoms with van der Waals surface area (Å²) in [5.74, 6) is 1.30. The highest BCUT2D eigenvalue weighted by atomic mass is 32.2.